The molecule has 1 N–H and O–H groups in total. The van der Waals surface area contributed by atoms with Gasteiger partial charge in [0.2, 0.25) is 0 Å². The molecule has 0 spiro atoms. The number of alkyl halides is 1. The summed E-state index contributed by atoms with van der Waals surface area (Å²) in [5.74, 6) is 1.85. The van der Waals surface area contributed by atoms with Crippen LogP contribution < -0.4 is 10.1 Å². The van der Waals surface area contributed by atoms with Crippen LogP contribution in [-0.2, 0) is 13.0 Å². The summed E-state index contributed by atoms with van der Waals surface area (Å²) in [5, 5.41) is 4.10. The van der Waals surface area contributed by atoms with Gasteiger partial charge in [0, 0.05) is 17.4 Å². The molecule has 0 aliphatic carbocycles. The summed E-state index contributed by atoms with van der Waals surface area (Å²) in [7, 11) is 1.94. The minimum Gasteiger partial charge on any atom is -0.457 e. The lowest BCUT2D eigenvalue weighted by molar-refractivity contribution is 0.469. The SMILES string of the molecule is CNCc1ccccc1Oc1ccccc1CCBr. The van der Waals surface area contributed by atoms with Gasteiger partial charge in [-0.1, -0.05) is 52.3 Å². The molecule has 0 atom stereocenters. The molecule has 2 nitrogen and oxygen atoms in total. The van der Waals surface area contributed by atoms with Crippen molar-refractivity contribution in [3.8, 4) is 11.5 Å². The molecule has 0 radical (unpaired) electrons. The van der Waals surface area contributed by atoms with E-state index in [0.29, 0.717) is 0 Å². The fraction of sp³-hybridized carbons (Fsp3) is 0.250. The Kier molecular flexibility index (Phi) is 5.43. The van der Waals surface area contributed by atoms with Crippen molar-refractivity contribution >= 4 is 15.9 Å². The van der Waals surface area contributed by atoms with Gasteiger partial charge in [-0.05, 0) is 31.2 Å². The third-order valence-electron chi connectivity index (χ3n) is 2.90. The van der Waals surface area contributed by atoms with E-state index in [4.69, 9.17) is 4.74 Å². The Morgan fingerprint density at radius 2 is 1.53 bits per heavy atom. The second-order valence-corrected chi connectivity index (χ2v) is 5.08. The number of halogens is 1. The minimum atomic E-state index is 0.802. The van der Waals surface area contributed by atoms with Crippen LogP contribution in [0.5, 0.6) is 11.5 Å². The van der Waals surface area contributed by atoms with Gasteiger partial charge >= 0.3 is 0 Å². The van der Waals surface area contributed by atoms with E-state index < -0.39 is 0 Å². The molecule has 2 rings (SSSR count). The zero-order valence-electron chi connectivity index (χ0n) is 11.0. The molecule has 19 heavy (non-hydrogen) atoms. The van der Waals surface area contributed by atoms with Gasteiger partial charge in [0.05, 0.1) is 0 Å². The number of aryl methyl sites for hydroxylation is 1. The van der Waals surface area contributed by atoms with E-state index in [2.05, 4.69) is 33.4 Å². The molecule has 0 saturated carbocycles. The standard InChI is InChI=1S/C16H18BrNO/c1-18-12-14-7-3-5-9-16(14)19-15-8-4-2-6-13(15)10-11-17/h2-9,18H,10-12H2,1H3. The number of hydrogen-bond donors (Lipinski definition) is 1. The van der Waals surface area contributed by atoms with Crippen molar-refractivity contribution in [2.75, 3.05) is 12.4 Å². The first-order chi connectivity index (χ1) is 9.35. The maximum absolute atomic E-state index is 6.08. The molecule has 0 amide bonds. The lowest BCUT2D eigenvalue weighted by atomic mass is 10.1. The Bertz CT molecular complexity index is 480. The van der Waals surface area contributed by atoms with Crippen LogP contribution in [0.1, 0.15) is 11.1 Å². The van der Waals surface area contributed by atoms with Crippen LogP contribution >= 0.6 is 15.9 Å². The van der Waals surface area contributed by atoms with Gasteiger partial charge in [0.15, 0.2) is 0 Å². The average molecular weight is 320 g/mol. The quantitative estimate of drug-likeness (QED) is 0.808. The van der Waals surface area contributed by atoms with Crippen LogP contribution in [0.25, 0.3) is 0 Å². The van der Waals surface area contributed by atoms with E-state index in [1.54, 1.807) is 0 Å². The predicted molar refractivity (Wildman–Crippen MR) is 83.2 cm³/mol. The molecule has 0 heterocycles. The van der Waals surface area contributed by atoms with Crippen LogP contribution in [0, 0.1) is 0 Å². The van der Waals surface area contributed by atoms with Gasteiger partial charge < -0.3 is 10.1 Å². The first-order valence-corrected chi connectivity index (χ1v) is 7.51. The van der Waals surface area contributed by atoms with Crippen LogP contribution in [0.4, 0.5) is 0 Å². The molecule has 2 aromatic carbocycles. The van der Waals surface area contributed by atoms with Gasteiger partial charge in [-0.3, -0.25) is 0 Å². The van der Waals surface area contributed by atoms with Crippen molar-refractivity contribution in [1.29, 1.82) is 0 Å². The molecule has 0 saturated heterocycles. The van der Waals surface area contributed by atoms with Crippen LogP contribution in [0.3, 0.4) is 0 Å². The van der Waals surface area contributed by atoms with Gasteiger partial charge in [-0.25, -0.2) is 0 Å². The Morgan fingerprint density at radius 1 is 0.947 bits per heavy atom. The number of hydrogen-bond acceptors (Lipinski definition) is 2. The monoisotopic (exact) mass is 319 g/mol. The largest absolute Gasteiger partial charge is 0.457 e. The molecule has 2 aromatic rings. The van der Waals surface area contributed by atoms with Crippen LogP contribution in [0.15, 0.2) is 48.5 Å². The van der Waals surface area contributed by atoms with Crippen molar-refractivity contribution in [3.63, 3.8) is 0 Å². The van der Waals surface area contributed by atoms with Crippen molar-refractivity contribution in [1.82, 2.24) is 5.32 Å². The van der Waals surface area contributed by atoms with E-state index in [1.165, 1.54) is 11.1 Å². The molecule has 0 aromatic heterocycles. The van der Waals surface area contributed by atoms with Crippen molar-refractivity contribution in [2.45, 2.75) is 13.0 Å². The zero-order valence-corrected chi connectivity index (χ0v) is 12.6. The van der Waals surface area contributed by atoms with Crippen molar-refractivity contribution in [2.24, 2.45) is 0 Å². The Labute approximate surface area is 122 Å². The van der Waals surface area contributed by atoms with E-state index in [1.807, 2.05) is 43.4 Å². The maximum atomic E-state index is 6.08. The fourth-order valence-electron chi connectivity index (χ4n) is 1.97. The first-order valence-electron chi connectivity index (χ1n) is 6.39. The van der Waals surface area contributed by atoms with Gasteiger partial charge in [-0.15, -0.1) is 0 Å². The van der Waals surface area contributed by atoms with Crippen molar-refractivity contribution < 1.29 is 4.74 Å². The highest BCUT2D eigenvalue weighted by molar-refractivity contribution is 9.09. The lowest BCUT2D eigenvalue weighted by Crippen LogP contribution is -2.06. The van der Waals surface area contributed by atoms with E-state index >= 15 is 0 Å². The number of para-hydroxylation sites is 2. The zero-order chi connectivity index (χ0) is 13.5. The topological polar surface area (TPSA) is 21.3 Å². The summed E-state index contributed by atoms with van der Waals surface area (Å²) >= 11 is 3.48. The van der Waals surface area contributed by atoms with Gasteiger partial charge in [0.1, 0.15) is 11.5 Å². The number of ether oxygens (including phenoxy) is 1. The molecule has 0 bridgehead atoms. The lowest BCUT2D eigenvalue weighted by Gasteiger charge is -2.13. The summed E-state index contributed by atoms with van der Waals surface area (Å²) in [6, 6.07) is 16.3. The first kappa shape index (κ1) is 14.1. The number of nitrogens with one attached hydrogen (secondary N) is 1. The Hall–Kier alpha value is -1.32. The summed E-state index contributed by atoms with van der Waals surface area (Å²) in [5.41, 5.74) is 2.39. The van der Waals surface area contributed by atoms with Gasteiger partial charge in [-0.2, -0.15) is 0 Å². The van der Waals surface area contributed by atoms with Crippen LogP contribution in [-0.4, -0.2) is 12.4 Å². The molecule has 100 valence electrons. The minimum absolute atomic E-state index is 0.802. The summed E-state index contributed by atoms with van der Waals surface area (Å²) < 4.78 is 6.08. The number of rotatable bonds is 6. The Balaban J connectivity index is 2.25. The molecule has 0 unspecified atom stereocenters. The molecule has 0 aliphatic rings. The third kappa shape index (κ3) is 3.82. The highest BCUT2D eigenvalue weighted by Crippen LogP contribution is 2.28. The molecular weight excluding hydrogens is 302 g/mol. The summed E-state index contributed by atoms with van der Waals surface area (Å²) in [6.07, 6.45) is 0.963. The fourth-order valence-corrected chi connectivity index (χ4v) is 2.40. The second kappa shape index (κ2) is 7.31. The molecule has 3 heteroatoms. The van der Waals surface area contributed by atoms with E-state index in [0.717, 1.165) is 29.8 Å². The highest BCUT2D eigenvalue weighted by atomic mass is 79.9. The smallest absolute Gasteiger partial charge is 0.131 e. The molecule has 0 aliphatic heterocycles. The highest BCUT2D eigenvalue weighted by Gasteiger charge is 2.07. The predicted octanol–water partition coefficient (Wildman–Crippen LogP) is 4.14. The summed E-state index contributed by atoms with van der Waals surface area (Å²) in [4.78, 5) is 0. The van der Waals surface area contributed by atoms with Crippen LogP contribution in [0.2, 0.25) is 0 Å². The summed E-state index contributed by atoms with van der Waals surface area (Å²) in [6.45, 7) is 0.802. The number of benzene rings is 2. The van der Waals surface area contributed by atoms with Crippen molar-refractivity contribution in [3.05, 3.63) is 59.7 Å². The second-order valence-electron chi connectivity index (χ2n) is 4.29. The average Bonchev–Trinajstić information content (AvgIpc) is 2.44. The maximum Gasteiger partial charge on any atom is 0.131 e. The molecular formula is C16H18BrNO. The third-order valence-corrected chi connectivity index (χ3v) is 3.29. The molecule has 0 fully saturated rings. The van der Waals surface area contributed by atoms with E-state index in [-0.39, 0.29) is 0 Å². The Morgan fingerprint density at radius 3 is 2.16 bits per heavy atom. The van der Waals surface area contributed by atoms with E-state index in [9.17, 15) is 0 Å². The van der Waals surface area contributed by atoms with Gasteiger partial charge in [0.25, 0.3) is 0 Å². The normalized spacial score (nSPS) is 10.4.